The molecule has 2 rings (SSSR count). The van der Waals surface area contributed by atoms with Crippen molar-refractivity contribution in [1.82, 2.24) is 10.3 Å². The Morgan fingerprint density at radius 2 is 1.90 bits per heavy atom. The second-order valence-electron chi connectivity index (χ2n) is 4.70. The van der Waals surface area contributed by atoms with E-state index < -0.39 is 0 Å². The number of nitrogens with zero attached hydrogens (tertiary/aromatic N) is 1. The normalized spacial score (nSPS) is 11.7. The lowest BCUT2D eigenvalue weighted by atomic mass is 9.91. The van der Waals surface area contributed by atoms with Crippen molar-refractivity contribution in [3.8, 4) is 0 Å². The van der Waals surface area contributed by atoms with Gasteiger partial charge in [0.1, 0.15) is 0 Å². The molecule has 0 aliphatic carbocycles. The highest BCUT2D eigenvalue weighted by atomic mass is 35.5. The number of carbonyl (C=O) groups is 1. The lowest BCUT2D eigenvalue weighted by Crippen LogP contribution is -2.30. The molecule has 1 unspecified atom stereocenters. The molecule has 0 aliphatic heterocycles. The molecule has 0 saturated heterocycles. The van der Waals surface area contributed by atoms with E-state index in [1.807, 2.05) is 24.3 Å². The first kappa shape index (κ1) is 15.3. The lowest BCUT2D eigenvalue weighted by molar-refractivity contribution is -0.122. The number of halogens is 1. The molecule has 21 heavy (non-hydrogen) atoms. The molecule has 0 fully saturated rings. The van der Waals surface area contributed by atoms with Crippen molar-refractivity contribution in [2.24, 2.45) is 0 Å². The fourth-order valence-corrected chi connectivity index (χ4v) is 2.23. The highest BCUT2D eigenvalue weighted by Crippen LogP contribution is 2.23. The van der Waals surface area contributed by atoms with E-state index in [1.165, 1.54) is 0 Å². The number of aromatic nitrogens is 1. The van der Waals surface area contributed by atoms with Crippen molar-refractivity contribution < 1.29 is 4.79 Å². The zero-order chi connectivity index (χ0) is 15.1. The van der Waals surface area contributed by atoms with Crippen LogP contribution in [-0.2, 0) is 11.2 Å². The van der Waals surface area contributed by atoms with Crippen LogP contribution in [0, 0.1) is 0 Å². The van der Waals surface area contributed by atoms with Gasteiger partial charge in [0.25, 0.3) is 0 Å². The molecule has 1 heterocycles. The summed E-state index contributed by atoms with van der Waals surface area (Å²) in [6.45, 7) is 4.08. The lowest BCUT2D eigenvalue weighted by Gasteiger charge is -2.17. The minimum atomic E-state index is -0.260. The van der Waals surface area contributed by atoms with Gasteiger partial charge in [-0.25, -0.2) is 0 Å². The predicted octanol–water partition coefficient (Wildman–Crippen LogP) is 3.36. The van der Waals surface area contributed by atoms with Crippen LogP contribution in [0.5, 0.6) is 0 Å². The first-order valence-electron chi connectivity index (χ1n) is 6.73. The Labute approximate surface area is 129 Å². The van der Waals surface area contributed by atoms with Gasteiger partial charge in [-0.3, -0.25) is 9.78 Å². The summed E-state index contributed by atoms with van der Waals surface area (Å²) in [5, 5.41) is 3.52. The standard InChI is InChI=1S/C17H17ClN2O/c1-2-9-20-17(21)16(12-13-7-10-19-11-8-13)14-3-5-15(18)6-4-14/h2-8,10-11,16H,1,9,12H2,(H,20,21). The average molecular weight is 301 g/mol. The van der Waals surface area contributed by atoms with E-state index in [4.69, 9.17) is 11.6 Å². The summed E-state index contributed by atoms with van der Waals surface area (Å²) >= 11 is 5.92. The Kier molecular flexibility index (Phi) is 5.52. The number of pyridine rings is 1. The van der Waals surface area contributed by atoms with Gasteiger partial charge in [0, 0.05) is 24.0 Å². The Balaban J connectivity index is 2.23. The van der Waals surface area contributed by atoms with Crippen molar-refractivity contribution >= 4 is 17.5 Å². The topological polar surface area (TPSA) is 42.0 Å². The third-order valence-corrected chi connectivity index (χ3v) is 3.45. The maximum atomic E-state index is 12.4. The molecular formula is C17H17ClN2O. The first-order chi connectivity index (χ1) is 10.2. The van der Waals surface area contributed by atoms with E-state index in [2.05, 4.69) is 16.9 Å². The average Bonchev–Trinajstić information content (AvgIpc) is 2.52. The van der Waals surface area contributed by atoms with Crippen molar-refractivity contribution in [2.45, 2.75) is 12.3 Å². The Hall–Kier alpha value is -2.13. The zero-order valence-corrected chi connectivity index (χ0v) is 12.4. The quantitative estimate of drug-likeness (QED) is 0.831. The van der Waals surface area contributed by atoms with Gasteiger partial charge < -0.3 is 5.32 Å². The van der Waals surface area contributed by atoms with Crippen molar-refractivity contribution in [3.63, 3.8) is 0 Å². The number of hydrogen-bond donors (Lipinski definition) is 1. The monoisotopic (exact) mass is 300 g/mol. The minimum Gasteiger partial charge on any atom is -0.352 e. The number of hydrogen-bond acceptors (Lipinski definition) is 2. The minimum absolute atomic E-state index is 0.0194. The Morgan fingerprint density at radius 3 is 2.52 bits per heavy atom. The van der Waals surface area contributed by atoms with E-state index in [-0.39, 0.29) is 11.8 Å². The van der Waals surface area contributed by atoms with E-state index in [0.29, 0.717) is 18.0 Å². The molecule has 0 aliphatic rings. The molecule has 0 radical (unpaired) electrons. The van der Waals surface area contributed by atoms with Crippen LogP contribution in [0.2, 0.25) is 5.02 Å². The summed E-state index contributed by atoms with van der Waals surface area (Å²) in [6.07, 6.45) is 5.75. The van der Waals surface area contributed by atoms with Crippen LogP contribution >= 0.6 is 11.6 Å². The third kappa shape index (κ3) is 4.43. The van der Waals surface area contributed by atoms with Gasteiger partial charge in [0.05, 0.1) is 5.92 Å². The molecule has 0 spiro atoms. The maximum Gasteiger partial charge on any atom is 0.228 e. The summed E-state index contributed by atoms with van der Waals surface area (Å²) < 4.78 is 0. The van der Waals surface area contributed by atoms with Gasteiger partial charge >= 0.3 is 0 Å². The molecule has 1 N–H and O–H groups in total. The summed E-state index contributed by atoms with van der Waals surface area (Å²) in [7, 11) is 0. The summed E-state index contributed by atoms with van der Waals surface area (Å²) in [5.74, 6) is -0.279. The molecular weight excluding hydrogens is 284 g/mol. The van der Waals surface area contributed by atoms with Crippen LogP contribution in [0.1, 0.15) is 17.0 Å². The Bertz CT molecular complexity index is 596. The van der Waals surface area contributed by atoms with E-state index in [0.717, 1.165) is 11.1 Å². The van der Waals surface area contributed by atoms with E-state index in [1.54, 1.807) is 30.6 Å². The van der Waals surface area contributed by atoms with Crippen LogP contribution in [0.25, 0.3) is 0 Å². The SMILES string of the molecule is C=CCNC(=O)C(Cc1ccncc1)c1ccc(Cl)cc1. The van der Waals surface area contributed by atoms with Gasteiger partial charge in [-0.05, 0) is 41.8 Å². The molecule has 1 aromatic carbocycles. The molecule has 0 saturated carbocycles. The highest BCUT2D eigenvalue weighted by Gasteiger charge is 2.20. The predicted molar refractivity (Wildman–Crippen MR) is 85.3 cm³/mol. The number of nitrogens with one attached hydrogen (secondary N) is 1. The highest BCUT2D eigenvalue weighted by molar-refractivity contribution is 6.30. The van der Waals surface area contributed by atoms with Gasteiger partial charge in [-0.15, -0.1) is 6.58 Å². The summed E-state index contributed by atoms with van der Waals surface area (Å²) in [5.41, 5.74) is 2.01. The smallest absolute Gasteiger partial charge is 0.228 e. The third-order valence-electron chi connectivity index (χ3n) is 3.20. The number of rotatable bonds is 6. The second-order valence-corrected chi connectivity index (χ2v) is 5.13. The van der Waals surface area contributed by atoms with Crippen molar-refractivity contribution in [2.75, 3.05) is 6.54 Å². The van der Waals surface area contributed by atoms with E-state index in [9.17, 15) is 4.79 Å². The number of benzene rings is 1. The fourth-order valence-electron chi connectivity index (χ4n) is 2.11. The molecule has 1 amide bonds. The molecule has 0 bridgehead atoms. The van der Waals surface area contributed by atoms with Crippen LogP contribution in [0.4, 0.5) is 0 Å². The molecule has 1 aromatic heterocycles. The van der Waals surface area contributed by atoms with Gasteiger partial charge in [-0.2, -0.15) is 0 Å². The van der Waals surface area contributed by atoms with Gasteiger partial charge in [0.15, 0.2) is 0 Å². The van der Waals surface area contributed by atoms with Crippen LogP contribution in [0.15, 0.2) is 61.4 Å². The van der Waals surface area contributed by atoms with Gasteiger partial charge in [0.2, 0.25) is 5.91 Å². The summed E-state index contributed by atoms with van der Waals surface area (Å²) in [6, 6.07) is 11.2. The van der Waals surface area contributed by atoms with Crippen LogP contribution < -0.4 is 5.32 Å². The maximum absolute atomic E-state index is 12.4. The molecule has 2 aromatic rings. The van der Waals surface area contributed by atoms with Crippen molar-refractivity contribution in [3.05, 3.63) is 77.6 Å². The largest absolute Gasteiger partial charge is 0.352 e. The fraction of sp³-hybridized carbons (Fsp3) is 0.176. The molecule has 3 nitrogen and oxygen atoms in total. The number of amides is 1. The zero-order valence-electron chi connectivity index (χ0n) is 11.6. The van der Waals surface area contributed by atoms with E-state index >= 15 is 0 Å². The van der Waals surface area contributed by atoms with Crippen LogP contribution in [-0.4, -0.2) is 17.4 Å². The summed E-state index contributed by atoms with van der Waals surface area (Å²) in [4.78, 5) is 16.4. The van der Waals surface area contributed by atoms with Gasteiger partial charge in [-0.1, -0.05) is 29.8 Å². The Morgan fingerprint density at radius 1 is 1.24 bits per heavy atom. The molecule has 108 valence electrons. The number of carbonyl (C=O) groups excluding carboxylic acids is 1. The van der Waals surface area contributed by atoms with Crippen LogP contribution in [0.3, 0.4) is 0 Å². The molecule has 1 atom stereocenters. The van der Waals surface area contributed by atoms with Crippen molar-refractivity contribution in [1.29, 1.82) is 0 Å². The molecule has 4 heteroatoms. The second kappa shape index (κ2) is 7.60. The first-order valence-corrected chi connectivity index (χ1v) is 7.11.